The molecule has 4 heterocycles. The molecule has 5 rings (SSSR count). The number of imidazole rings is 1. The Morgan fingerprint density at radius 3 is 2.79 bits per heavy atom. The second kappa shape index (κ2) is 8.30. The summed E-state index contributed by atoms with van der Waals surface area (Å²) in [6.45, 7) is 0.0119. The van der Waals surface area contributed by atoms with E-state index in [1.54, 1.807) is 28.5 Å². The lowest BCUT2D eigenvalue weighted by Gasteiger charge is -2.23. The number of hydrogen-bond acceptors (Lipinski definition) is 8. The highest BCUT2D eigenvalue weighted by atomic mass is 16.6. The molecule has 2 saturated heterocycles. The van der Waals surface area contributed by atoms with E-state index in [9.17, 15) is 14.7 Å². The number of aliphatic hydroxyl groups is 1. The summed E-state index contributed by atoms with van der Waals surface area (Å²) in [6, 6.07) is 8.99. The monoisotopic (exact) mass is 453 g/mol. The Balaban J connectivity index is 1.50. The quantitative estimate of drug-likeness (QED) is 0.409. The average Bonchev–Trinajstić information content (AvgIpc) is 3.46. The number of aliphatic hydroxyl groups excluding tert-OH is 1. The summed E-state index contributed by atoms with van der Waals surface area (Å²) in [5.74, 6) is 0.102. The smallest absolute Gasteiger partial charge is 0.411 e. The first-order valence-corrected chi connectivity index (χ1v) is 10.4. The van der Waals surface area contributed by atoms with Gasteiger partial charge in [-0.2, -0.15) is 4.98 Å². The van der Waals surface area contributed by atoms with Gasteiger partial charge >= 0.3 is 6.09 Å². The number of H-pyrrole nitrogens is 1. The Kier molecular flexibility index (Phi) is 5.30. The summed E-state index contributed by atoms with van der Waals surface area (Å²) >= 11 is 0. The summed E-state index contributed by atoms with van der Waals surface area (Å²) < 4.78 is 13.3. The van der Waals surface area contributed by atoms with Crippen molar-refractivity contribution in [3.8, 4) is 0 Å². The van der Waals surface area contributed by atoms with E-state index in [1.807, 2.05) is 30.3 Å². The fraction of sp³-hybridized carbons (Fsp3) is 0.381. The lowest BCUT2D eigenvalue weighted by molar-refractivity contribution is -0.0609. The van der Waals surface area contributed by atoms with Gasteiger partial charge in [0.1, 0.15) is 12.1 Å². The number of nitrogens with zero attached hydrogens (tertiary/aromatic N) is 6. The Hall–Kier alpha value is -3.77. The molecule has 12 heteroatoms. The highest BCUT2D eigenvalue weighted by molar-refractivity contribution is 5.73. The van der Waals surface area contributed by atoms with Crippen LogP contribution in [0, 0.1) is 0 Å². The summed E-state index contributed by atoms with van der Waals surface area (Å²) in [4.78, 5) is 43.8. The van der Waals surface area contributed by atoms with Gasteiger partial charge in [-0.15, -0.1) is 0 Å². The van der Waals surface area contributed by atoms with Gasteiger partial charge in [0.05, 0.1) is 19.3 Å². The van der Waals surface area contributed by atoms with Crippen LogP contribution in [-0.4, -0.2) is 85.8 Å². The molecule has 2 aliphatic rings. The van der Waals surface area contributed by atoms with Crippen molar-refractivity contribution >= 4 is 29.5 Å². The number of aromatic nitrogens is 4. The molecule has 33 heavy (non-hydrogen) atoms. The minimum atomic E-state index is -0.818. The molecule has 2 aliphatic heterocycles. The van der Waals surface area contributed by atoms with Crippen molar-refractivity contribution in [3.63, 3.8) is 0 Å². The summed E-state index contributed by atoms with van der Waals surface area (Å²) in [5, 5.41) is 9.98. The van der Waals surface area contributed by atoms with Gasteiger partial charge in [0, 0.05) is 20.6 Å². The molecule has 172 valence electrons. The van der Waals surface area contributed by atoms with Gasteiger partial charge < -0.3 is 19.5 Å². The zero-order valence-corrected chi connectivity index (χ0v) is 18.0. The van der Waals surface area contributed by atoms with E-state index in [0.29, 0.717) is 6.54 Å². The normalized spacial score (nSPS) is 24.6. The first-order valence-electron chi connectivity index (χ1n) is 10.4. The number of amides is 1. The van der Waals surface area contributed by atoms with Crippen molar-refractivity contribution in [2.75, 3.05) is 20.7 Å². The Morgan fingerprint density at radius 2 is 2.06 bits per heavy atom. The molecule has 12 nitrogen and oxygen atoms in total. The third kappa shape index (κ3) is 3.72. The third-order valence-corrected chi connectivity index (χ3v) is 5.62. The SMILES string of the molecule is CN(C)C=Nc1nc2c(ncn2[C@@H]2O[C@H](CO)[C@@H]3C2OC(=O)N3Cc2ccccc2)c(=O)[nH]1. The maximum Gasteiger partial charge on any atom is 0.411 e. The molecule has 0 bridgehead atoms. The van der Waals surface area contributed by atoms with Crippen molar-refractivity contribution < 1.29 is 19.4 Å². The molecule has 1 aromatic carbocycles. The number of rotatable bonds is 6. The summed E-state index contributed by atoms with van der Waals surface area (Å²) in [6.07, 6.45) is 0.219. The van der Waals surface area contributed by atoms with Crippen LogP contribution in [0.2, 0.25) is 0 Å². The molecule has 3 aromatic rings. The van der Waals surface area contributed by atoms with Crippen LogP contribution in [0.15, 0.2) is 46.4 Å². The van der Waals surface area contributed by atoms with Crippen molar-refractivity contribution in [1.82, 2.24) is 29.3 Å². The van der Waals surface area contributed by atoms with Gasteiger partial charge in [-0.3, -0.25) is 19.2 Å². The summed E-state index contributed by atoms with van der Waals surface area (Å²) in [5.41, 5.74) is 0.827. The van der Waals surface area contributed by atoms with E-state index in [2.05, 4.69) is 19.9 Å². The molecule has 0 spiro atoms. The largest absolute Gasteiger partial charge is 0.439 e. The number of carbonyl (C=O) groups is 1. The maximum absolute atomic E-state index is 12.7. The predicted octanol–water partition coefficient (Wildman–Crippen LogP) is 0.620. The molecule has 2 fully saturated rings. The number of fused-ring (bicyclic) bond motifs is 2. The number of hydrogen-bond donors (Lipinski definition) is 2. The Morgan fingerprint density at radius 1 is 1.27 bits per heavy atom. The average molecular weight is 453 g/mol. The number of nitrogens with one attached hydrogen (secondary N) is 1. The van der Waals surface area contributed by atoms with Crippen molar-refractivity contribution in [3.05, 3.63) is 52.6 Å². The zero-order chi connectivity index (χ0) is 23.1. The van der Waals surface area contributed by atoms with Crippen molar-refractivity contribution in [2.45, 2.75) is 31.0 Å². The van der Waals surface area contributed by atoms with Crippen LogP contribution in [0.5, 0.6) is 0 Å². The number of aromatic amines is 1. The predicted molar refractivity (Wildman–Crippen MR) is 117 cm³/mol. The molecule has 0 saturated carbocycles. The lowest BCUT2D eigenvalue weighted by Crippen LogP contribution is -2.42. The van der Waals surface area contributed by atoms with Gasteiger partial charge in [0.15, 0.2) is 23.5 Å². The van der Waals surface area contributed by atoms with Crippen molar-refractivity contribution in [2.24, 2.45) is 4.99 Å². The van der Waals surface area contributed by atoms with E-state index >= 15 is 0 Å². The minimum absolute atomic E-state index is 0.102. The van der Waals surface area contributed by atoms with Crippen LogP contribution in [0.1, 0.15) is 11.8 Å². The second-order valence-electron chi connectivity index (χ2n) is 8.12. The number of carbonyl (C=O) groups excluding carboxylic acids is 1. The molecule has 2 N–H and O–H groups in total. The first kappa shape index (κ1) is 21.1. The number of benzene rings is 1. The number of aliphatic imine (C=N–C) groups is 1. The van der Waals surface area contributed by atoms with Crippen molar-refractivity contribution in [1.29, 1.82) is 0 Å². The highest BCUT2D eigenvalue weighted by Gasteiger charge is 2.57. The van der Waals surface area contributed by atoms with Crippen LogP contribution in [-0.2, 0) is 16.0 Å². The molecule has 4 atom stereocenters. The van der Waals surface area contributed by atoms with Crippen LogP contribution < -0.4 is 5.56 Å². The molecule has 1 unspecified atom stereocenters. The maximum atomic E-state index is 12.7. The zero-order valence-electron chi connectivity index (χ0n) is 18.0. The van der Waals surface area contributed by atoms with E-state index in [0.717, 1.165) is 5.56 Å². The minimum Gasteiger partial charge on any atom is -0.439 e. The third-order valence-electron chi connectivity index (χ3n) is 5.62. The van der Waals surface area contributed by atoms with Gasteiger partial charge in [0.25, 0.3) is 5.56 Å². The lowest BCUT2D eigenvalue weighted by atomic mass is 10.1. The van der Waals surface area contributed by atoms with E-state index < -0.39 is 36.1 Å². The molecular weight excluding hydrogens is 430 g/mol. The molecule has 0 radical (unpaired) electrons. The number of ether oxygens (including phenoxy) is 2. The molecule has 2 aromatic heterocycles. The molecular formula is C21H23N7O5. The van der Waals surface area contributed by atoms with Gasteiger partial charge in [-0.05, 0) is 5.56 Å². The van der Waals surface area contributed by atoms with E-state index in [4.69, 9.17) is 9.47 Å². The van der Waals surface area contributed by atoms with E-state index in [1.165, 1.54) is 12.7 Å². The first-order chi connectivity index (χ1) is 16.0. The van der Waals surface area contributed by atoms with Gasteiger partial charge in [0.2, 0.25) is 5.95 Å². The Bertz CT molecular complexity index is 1250. The van der Waals surface area contributed by atoms with E-state index in [-0.39, 0.29) is 23.7 Å². The molecule has 1 amide bonds. The van der Waals surface area contributed by atoms with Crippen LogP contribution in [0.3, 0.4) is 0 Å². The fourth-order valence-corrected chi connectivity index (χ4v) is 4.19. The van der Waals surface area contributed by atoms with Gasteiger partial charge in [-0.1, -0.05) is 30.3 Å². The second-order valence-corrected chi connectivity index (χ2v) is 8.12. The topological polar surface area (TPSA) is 138 Å². The van der Waals surface area contributed by atoms with Crippen LogP contribution in [0.25, 0.3) is 11.2 Å². The van der Waals surface area contributed by atoms with Crippen LogP contribution >= 0.6 is 0 Å². The summed E-state index contributed by atoms with van der Waals surface area (Å²) in [7, 11) is 3.59. The fourth-order valence-electron chi connectivity index (χ4n) is 4.19. The highest BCUT2D eigenvalue weighted by Crippen LogP contribution is 2.40. The standard InChI is InChI=1S/C21H23N7O5/c1-26(2)10-23-20-24-17-14(18(30)25-20)22-11-28(17)19-16-15(13(9-29)32-19)27(21(31)33-16)8-12-6-4-3-5-7-12/h3-7,10-11,13,15-16,19,29H,8-9H2,1-2H3,(H,24,25,30)/t13-,15-,16?,19-/m1/s1. The van der Waals surface area contributed by atoms with Crippen LogP contribution in [0.4, 0.5) is 10.7 Å². The van der Waals surface area contributed by atoms with Gasteiger partial charge in [-0.25, -0.2) is 14.8 Å². The molecule has 0 aliphatic carbocycles. The Labute approximate surface area is 188 Å².